The van der Waals surface area contributed by atoms with Gasteiger partial charge in [0.2, 0.25) is 11.8 Å². The summed E-state index contributed by atoms with van der Waals surface area (Å²) >= 11 is 0. The van der Waals surface area contributed by atoms with E-state index in [4.69, 9.17) is 0 Å². The molecule has 0 bridgehead atoms. The fourth-order valence-corrected chi connectivity index (χ4v) is 2.67. The molecule has 0 spiro atoms. The van der Waals surface area contributed by atoms with E-state index >= 15 is 0 Å². The molecule has 0 radical (unpaired) electrons. The molecule has 0 unspecified atom stereocenters. The predicted octanol–water partition coefficient (Wildman–Crippen LogP) is 2.93. The number of rotatable bonds is 2. The minimum Gasteiger partial charge on any atom is -0.345 e. The first-order valence-electron chi connectivity index (χ1n) is 7.75. The van der Waals surface area contributed by atoms with Crippen molar-refractivity contribution < 1.29 is 9.59 Å². The second kappa shape index (κ2) is 6.28. The number of carbonyl (C=O) groups excluding carboxylic acids is 2. The van der Waals surface area contributed by atoms with Gasteiger partial charge in [-0.05, 0) is 36.8 Å². The SMILES string of the molecule is Cc1ccc2c(n1)N(c1ccccc1)C(=O)C/C2=C/C(=O)N(C)C. The van der Waals surface area contributed by atoms with Gasteiger partial charge in [-0.2, -0.15) is 0 Å². The molecule has 1 aliphatic rings. The lowest BCUT2D eigenvalue weighted by atomic mass is 9.96. The third-order valence-corrected chi connectivity index (χ3v) is 3.92. The Morgan fingerprint density at radius 2 is 1.88 bits per heavy atom. The lowest BCUT2D eigenvalue weighted by molar-refractivity contribution is -0.123. The molecule has 1 aromatic carbocycles. The Kier molecular flexibility index (Phi) is 4.16. The van der Waals surface area contributed by atoms with Crippen LogP contribution in [-0.4, -0.2) is 35.8 Å². The van der Waals surface area contributed by atoms with Crippen molar-refractivity contribution >= 4 is 28.9 Å². The fourth-order valence-electron chi connectivity index (χ4n) is 2.67. The molecule has 0 atom stereocenters. The maximum Gasteiger partial charge on any atom is 0.246 e. The minimum absolute atomic E-state index is 0.0930. The minimum atomic E-state index is -0.141. The van der Waals surface area contributed by atoms with Crippen molar-refractivity contribution in [2.75, 3.05) is 19.0 Å². The monoisotopic (exact) mass is 321 g/mol. The maximum absolute atomic E-state index is 12.8. The molecular weight excluding hydrogens is 302 g/mol. The van der Waals surface area contributed by atoms with Gasteiger partial charge in [-0.15, -0.1) is 0 Å². The van der Waals surface area contributed by atoms with Gasteiger partial charge >= 0.3 is 0 Å². The standard InChI is InChI=1S/C19H19N3O2/c1-13-9-10-16-14(11-17(23)21(2)3)12-18(24)22(19(16)20-13)15-7-5-4-6-8-15/h4-11H,12H2,1-3H3/b14-11-. The molecular formula is C19H19N3O2. The molecule has 0 saturated heterocycles. The van der Waals surface area contributed by atoms with Crippen LogP contribution in [0.25, 0.3) is 5.57 Å². The van der Waals surface area contributed by atoms with E-state index in [1.54, 1.807) is 19.0 Å². The molecule has 122 valence electrons. The molecule has 0 aliphatic carbocycles. The molecule has 1 aliphatic heterocycles. The quantitative estimate of drug-likeness (QED) is 0.799. The lowest BCUT2D eigenvalue weighted by Gasteiger charge is -2.30. The normalized spacial score (nSPS) is 15.4. The van der Waals surface area contributed by atoms with Gasteiger partial charge in [0, 0.05) is 31.4 Å². The second-order valence-electron chi connectivity index (χ2n) is 5.97. The second-order valence-corrected chi connectivity index (χ2v) is 5.97. The molecule has 0 fully saturated rings. The van der Waals surface area contributed by atoms with Crippen molar-refractivity contribution in [1.82, 2.24) is 9.88 Å². The Labute approximate surface area is 141 Å². The van der Waals surface area contributed by atoms with Crippen LogP contribution in [0.2, 0.25) is 0 Å². The van der Waals surface area contributed by atoms with Crippen LogP contribution in [0.5, 0.6) is 0 Å². The smallest absolute Gasteiger partial charge is 0.246 e. The molecule has 0 N–H and O–H groups in total. The summed E-state index contributed by atoms with van der Waals surface area (Å²) < 4.78 is 0. The third kappa shape index (κ3) is 2.93. The van der Waals surface area contributed by atoms with Crippen LogP contribution >= 0.6 is 0 Å². The van der Waals surface area contributed by atoms with Gasteiger partial charge in [0.05, 0.1) is 12.1 Å². The van der Waals surface area contributed by atoms with E-state index in [1.807, 2.05) is 49.4 Å². The molecule has 24 heavy (non-hydrogen) atoms. The van der Waals surface area contributed by atoms with E-state index in [0.717, 1.165) is 16.9 Å². The van der Waals surface area contributed by atoms with Crippen molar-refractivity contribution in [3.05, 3.63) is 59.8 Å². The summed E-state index contributed by atoms with van der Waals surface area (Å²) in [5, 5.41) is 0. The molecule has 2 heterocycles. The number of para-hydroxylation sites is 1. The Morgan fingerprint density at radius 1 is 1.17 bits per heavy atom. The van der Waals surface area contributed by atoms with Crippen LogP contribution in [0.15, 0.2) is 48.5 Å². The summed E-state index contributed by atoms with van der Waals surface area (Å²) in [6.45, 7) is 1.89. The summed E-state index contributed by atoms with van der Waals surface area (Å²) in [7, 11) is 3.38. The zero-order valence-electron chi connectivity index (χ0n) is 14.0. The number of hydrogen-bond acceptors (Lipinski definition) is 3. The number of pyridine rings is 1. The Hall–Kier alpha value is -2.95. The van der Waals surface area contributed by atoms with Crippen LogP contribution in [0, 0.1) is 6.92 Å². The van der Waals surface area contributed by atoms with Crippen LogP contribution in [-0.2, 0) is 9.59 Å². The number of benzene rings is 1. The Bertz CT molecular complexity index is 826. The van der Waals surface area contributed by atoms with Crippen molar-refractivity contribution in [3.63, 3.8) is 0 Å². The van der Waals surface area contributed by atoms with E-state index in [1.165, 1.54) is 11.0 Å². The maximum atomic E-state index is 12.8. The highest BCUT2D eigenvalue weighted by Gasteiger charge is 2.30. The van der Waals surface area contributed by atoms with Crippen LogP contribution in [0.3, 0.4) is 0 Å². The first-order chi connectivity index (χ1) is 11.5. The van der Waals surface area contributed by atoms with Gasteiger partial charge in [0.15, 0.2) is 0 Å². The van der Waals surface area contributed by atoms with Crippen molar-refractivity contribution in [3.8, 4) is 0 Å². The number of likely N-dealkylation sites (N-methyl/N-ethyl adjacent to an activating group) is 1. The number of aryl methyl sites for hydroxylation is 1. The van der Waals surface area contributed by atoms with Crippen LogP contribution in [0.1, 0.15) is 17.7 Å². The summed E-state index contributed by atoms with van der Waals surface area (Å²) in [6.07, 6.45) is 1.70. The Balaban J connectivity index is 2.15. The zero-order chi connectivity index (χ0) is 17.3. The number of anilines is 2. The third-order valence-electron chi connectivity index (χ3n) is 3.92. The Morgan fingerprint density at radius 3 is 2.54 bits per heavy atom. The molecule has 2 aromatic rings. The van der Waals surface area contributed by atoms with E-state index in [9.17, 15) is 9.59 Å². The summed E-state index contributed by atoms with van der Waals surface area (Å²) in [4.78, 5) is 32.5. The number of fused-ring (bicyclic) bond motifs is 1. The first kappa shape index (κ1) is 15.9. The fraction of sp³-hybridized carbons (Fsp3) is 0.211. The average molecular weight is 321 g/mol. The van der Waals surface area contributed by atoms with Gasteiger partial charge in [-0.1, -0.05) is 18.2 Å². The van der Waals surface area contributed by atoms with Crippen molar-refractivity contribution in [2.45, 2.75) is 13.3 Å². The molecule has 3 rings (SSSR count). The number of aromatic nitrogens is 1. The van der Waals surface area contributed by atoms with Crippen molar-refractivity contribution in [1.29, 1.82) is 0 Å². The highest BCUT2D eigenvalue weighted by atomic mass is 16.2. The predicted molar refractivity (Wildman–Crippen MR) is 93.9 cm³/mol. The van der Waals surface area contributed by atoms with E-state index < -0.39 is 0 Å². The van der Waals surface area contributed by atoms with E-state index in [-0.39, 0.29) is 18.2 Å². The molecule has 2 amide bonds. The van der Waals surface area contributed by atoms with Gasteiger partial charge in [0.1, 0.15) is 5.82 Å². The van der Waals surface area contributed by atoms with Gasteiger partial charge in [-0.25, -0.2) is 4.98 Å². The summed E-state index contributed by atoms with van der Waals surface area (Å²) in [5.74, 6) is 0.345. The largest absolute Gasteiger partial charge is 0.345 e. The average Bonchev–Trinajstić information content (AvgIpc) is 2.55. The van der Waals surface area contributed by atoms with E-state index in [0.29, 0.717) is 11.4 Å². The number of hydrogen-bond donors (Lipinski definition) is 0. The van der Waals surface area contributed by atoms with Gasteiger partial charge < -0.3 is 4.90 Å². The highest BCUT2D eigenvalue weighted by Crippen LogP contribution is 2.38. The van der Waals surface area contributed by atoms with Crippen molar-refractivity contribution in [2.24, 2.45) is 0 Å². The molecule has 1 aromatic heterocycles. The number of amides is 2. The zero-order valence-corrected chi connectivity index (χ0v) is 14.0. The number of carbonyl (C=O) groups is 2. The molecule has 5 heteroatoms. The number of nitrogens with zero attached hydrogens (tertiary/aromatic N) is 3. The van der Waals surface area contributed by atoms with Crippen LogP contribution in [0.4, 0.5) is 11.5 Å². The molecule has 0 saturated carbocycles. The summed E-state index contributed by atoms with van der Waals surface area (Å²) in [5.41, 5.74) is 3.12. The van der Waals surface area contributed by atoms with Gasteiger partial charge in [-0.3, -0.25) is 14.5 Å². The summed E-state index contributed by atoms with van der Waals surface area (Å²) in [6, 6.07) is 13.3. The van der Waals surface area contributed by atoms with Crippen LogP contribution < -0.4 is 4.90 Å². The highest BCUT2D eigenvalue weighted by molar-refractivity contribution is 6.12. The van der Waals surface area contributed by atoms with E-state index in [2.05, 4.69) is 4.98 Å². The lowest BCUT2D eigenvalue weighted by Crippen LogP contribution is -2.32. The first-order valence-corrected chi connectivity index (χ1v) is 7.75. The van der Waals surface area contributed by atoms with Gasteiger partial charge in [0.25, 0.3) is 0 Å². The molecule has 5 nitrogen and oxygen atoms in total. The topological polar surface area (TPSA) is 53.5 Å².